The van der Waals surface area contributed by atoms with Crippen LogP contribution in [0.25, 0.3) is 22.0 Å². The van der Waals surface area contributed by atoms with Crippen molar-refractivity contribution in [3.05, 3.63) is 89.1 Å². The molecule has 7 rings (SSSR count). The molecule has 4 amide bonds. The van der Waals surface area contributed by atoms with Crippen LogP contribution in [0.15, 0.2) is 66.9 Å². The molecule has 0 spiro atoms. The van der Waals surface area contributed by atoms with Crippen LogP contribution in [0.3, 0.4) is 0 Å². The summed E-state index contributed by atoms with van der Waals surface area (Å²) in [6.07, 6.45) is 5.09. The standard InChI is InChI=1S/C45H47F2N5O6S/c46-45(47)19-16-33(17-20-45)51-27-37(30-9-4-10-31(25-30)42(48)59)34-13-12-32(26-39(34)51)49-41(54)18-24-58-23-6-22-57-21-3-1-2-7-29-8-5-11-35-36(29)28-52(44(35)56)38-14-15-40(53)50-43(38)55/h4-5,8-13,25-27,33,38H,1,3,6,14-24,28H2,(H2,48,59)(H,49,54)(H,50,53,55). The Bertz CT molecular complexity index is 2320. The van der Waals surface area contributed by atoms with Crippen LogP contribution in [0.1, 0.15) is 97.3 Å². The van der Waals surface area contributed by atoms with E-state index in [0.29, 0.717) is 68.2 Å². The lowest BCUT2D eigenvalue weighted by Crippen LogP contribution is -2.52. The van der Waals surface area contributed by atoms with E-state index < -0.39 is 17.9 Å². The molecule has 1 aliphatic carbocycles. The molecule has 11 nitrogen and oxygen atoms in total. The predicted molar refractivity (Wildman–Crippen MR) is 224 cm³/mol. The topological polar surface area (TPSA) is 145 Å². The minimum absolute atomic E-state index is 0.0977. The van der Waals surface area contributed by atoms with E-state index in [1.807, 2.05) is 54.7 Å². The molecule has 3 aliphatic rings. The number of carbonyl (C=O) groups is 4. The Morgan fingerprint density at radius 1 is 0.949 bits per heavy atom. The summed E-state index contributed by atoms with van der Waals surface area (Å²) in [5.41, 5.74) is 12.1. The number of alkyl halides is 2. The van der Waals surface area contributed by atoms with Crippen LogP contribution in [-0.4, -0.2) is 76.5 Å². The van der Waals surface area contributed by atoms with Crippen molar-refractivity contribution in [2.75, 3.05) is 31.7 Å². The normalized spacial score (nSPS) is 17.7. The summed E-state index contributed by atoms with van der Waals surface area (Å²) in [6.45, 7) is 2.02. The van der Waals surface area contributed by atoms with Crippen molar-refractivity contribution in [2.45, 2.75) is 88.8 Å². The van der Waals surface area contributed by atoms with Gasteiger partial charge in [0.2, 0.25) is 23.6 Å². The molecule has 2 fully saturated rings. The van der Waals surface area contributed by atoms with E-state index in [0.717, 1.165) is 45.1 Å². The monoisotopic (exact) mass is 823 g/mol. The number of ether oxygens (including phenoxy) is 2. The number of benzene rings is 3. The van der Waals surface area contributed by atoms with Gasteiger partial charge in [-0.25, -0.2) is 8.78 Å². The number of nitrogens with two attached hydrogens (primary N) is 1. The molecule has 0 radical (unpaired) electrons. The van der Waals surface area contributed by atoms with Crippen molar-refractivity contribution in [3.63, 3.8) is 0 Å². The van der Waals surface area contributed by atoms with Crippen molar-refractivity contribution in [1.29, 1.82) is 0 Å². The van der Waals surface area contributed by atoms with Gasteiger partial charge in [0.25, 0.3) is 5.91 Å². The number of rotatable bonds is 15. The molecule has 1 saturated heterocycles. The third-order valence-corrected chi connectivity index (χ3v) is 11.3. The molecule has 0 bridgehead atoms. The summed E-state index contributed by atoms with van der Waals surface area (Å²) in [5.74, 6) is 2.51. The van der Waals surface area contributed by atoms with Gasteiger partial charge in [-0.2, -0.15) is 0 Å². The van der Waals surface area contributed by atoms with Crippen LogP contribution < -0.4 is 16.4 Å². The Kier molecular flexibility index (Phi) is 13.1. The molecule has 1 atom stereocenters. The fraction of sp³-hybridized carbons (Fsp3) is 0.400. The molecule has 3 heterocycles. The number of fused-ring (bicyclic) bond motifs is 2. The maximum atomic E-state index is 14.1. The van der Waals surface area contributed by atoms with Crippen molar-refractivity contribution >= 4 is 57.4 Å². The molecule has 308 valence electrons. The number of nitrogens with one attached hydrogen (secondary N) is 2. The number of unbranched alkanes of at least 4 members (excludes halogenated alkanes) is 1. The highest BCUT2D eigenvalue weighted by Crippen LogP contribution is 2.42. The molecule has 59 heavy (non-hydrogen) atoms. The molecule has 14 heteroatoms. The number of nitrogens with zero attached hydrogens (tertiary/aromatic N) is 2. The molecule has 2 aliphatic heterocycles. The van der Waals surface area contributed by atoms with Gasteiger partial charge < -0.3 is 30.0 Å². The molecule has 1 saturated carbocycles. The maximum absolute atomic E-state index is 14.1. The van der Waals surface area contributed by atoms with Crippen LogP contribution in [0.2, 0.25) is 0 Å². The Hall–Kier alpha value is -5.49. The number of carbonyl (C=O) groups excluding carboxylic acids is 4. The van der Waals surface area contributed by atoms with Gasteiger partial charge in [0.1, 0.15) is 11.0 Å². The Morgan fingerprint density at radius 3 is 2.49 bits per heavy atom. The first-order chi connectivity index (χ1) is 28.5. The van der Waals surface area contributed by atoms with Gasteiger partial charge in [-0.1, -0.05) is 54.4 Å². The Labute approximate surface area is 347 Å². The van der Waals surface area contributed by atoms with Crippen molar-refractivity contribution in [2.24, 2.45) is 5.73 Å². The first-order valence-corrected chi connectivity index (χ1v) is 20.5. The van der Waals surface area contributed by atoms with Crippen LogP contribution in [0, 0.1) is 11.8 Å². The van der Waals surface area contributed by atoms with E-state index in [2.05, 4.69) is 27.0 Å². The number of anilines is 1. The van der Waals surface area contributed by atoms with Crippen molar-refractivity contribution in [1.82, 2.24) is 14.8 Å². The number of amides is 4. The minimum atomic E-state index is -2.65. The number of piperidine rings is 1. The largest absolute Gasteiger partial charge is 0.389 e. The van der Waals surface area contributed by atoms with Crippen LogP contribution in [-0.2, 0) is 30.4 Å². The van der Waals surface area contributed by atoms with Gasteiger partial charge in [-0.05, 0) is 73.6 Å². The molecule has 4 N–H and O–H groups in total. The quantitative estimate of drug-likeness (QED) is 0.0502. The predicted octanol–water partition coefficient (Wildman–Crippen LogP) is 7.04. The lowest BCUT2D eigenvalue weighted by Gasteiger charge is -2.29. The first-order valence-electron chi connectivity index (χ1n) is 20.1. The third-order valence-electron chi connectivity index (χ3n) is 11.1. The van der Waals surface area contributed by atoms with E-state index in [9.17, 15) is 28.0 Å². The summed E-state index contributed by atoms with van der Waals surface area (Å²) in [6, 6.07) is 18.0. The molecule has 3 aromatic carbocycles. The highest BCUT2D eigenvalue weighted by Gasteiger charge is 2.40. The summed E-state index contributed by atoms with van der Waals surface area (Å²) in [5, 5.41) is 6.23. The summed E-state index contributed by atoms with van der Waals surface area (Å²) in [7, 11) is 0. The average Bonchev–Trinajstić information content (AvgIpc) is 3.76. The Morgan fingerprint density at radius 2 is 1.71 bits per heavy atom. The number of thiocarbonyl (C=S) groups is 1. The average molecular weight is 824 g/mol. The lowest BCUT2D eigenvalue weighted by atomic mass is 9.92. The zero-order valence-electron chi connectivity index (χ0n) is 32.7. The molecule has 1 aromatic heterocycles. The van der Waals surface area contributed by atoms with Gasteiger partial charge in [0.05, 0.1) is 18.5 Å². The van der Waals surface area contributed by atoms with Gasteiger partial charge in [-0.3, -0.25) is 24.5 Å². The van der Waals surface area contributed by atoms with E-state index in [-0.39, 0.29) is 62.6 Å². The van der Waals surface area contributed by atoms with E-state index in [4.69, 9.17) is 27.4 Å². The van der Waals surface area contributed by atoms with Gasteiger partial charge in [-0.15, -0.1) is 0 Å². The van der Waals surface area contributed by atoms with Crippen LogP contribution >= 0.6 is 12.2 Å². The van der Waals surface area contributed by atoms with Gasteiger partial charge in [0, 0.05) is 97.6 Å². The number of hydrogen-bond acceptors (Lipinski definition) is 7. The smallest absolute Gasteiger partial charge is 0.255 e. The number of imide groups is 1. The summed E-state index contributed by atoms with van der Waals surface area (Å²) < 4.78 is 41.7. The van der Waals surface area contributed by atoms with Crippen molar-refractivity contribution < 1.29 is 37.4 Å². The van der Waals surface area contributed by atoms with Gasteiger partial charge in [0.15, 0.2) is 0 Å². The number of halogens is 2. The van der Waals surface area contributed by atoms with E-state index in [1.54, 1.807) is 12.1 Å². The minimum Gasteiger partial charge on any atom is -0.389 e. The van der Waals surface area contributed by atoms with Crippen LogP contribution in [0.4, 0.5) is 14.5 Å². The molecule has 4 aromatic rings. The zero-order valence-corrected chi connectivity index (χ0v) is 33.5. The van der Waals surface area contributed by atoms with E-state index >= 15 is 0 Å². The third kappa shape index (κ3) is 10.0. The Balaban J connectivity index is 0.825. The lowest BCUT2D eigenvalue weighted by molar-refractivity contribution is -0.137. The highest BCUT2D eigenvalue weighted by atomic mass is 32.1. The summed E-state index contributed by atoms with van der Waals surface area (Å²) >= 11 is 5.20. The van der Waals surface area contributed by atoms with Gasteiger partial charge >= 0.3 is 0 Å². The number of aromatic nitrogens is 1. The van der Waals surface area contributed by atoms with E-state index in [1.165, 1.54) is 4.90 Å². The van der Waals surface area contributed by atoms with Crippen LogP contribution in [0.5, 0.6) is 0 Å². The second-order valence-corrected chi connectivity index (χ2v) is 15.7. The fourth-order valence-electron chi connectivity index (χ4n) is 7.98. The molecule has 1 unspecified atom stereocenters. The van der Waals surface area contributed by atoms with Crippen molar-refractivity contribution in [3.8, 4) is 23.0 Å². The molecular formula is C45H47F2N5O6S. The second kappa shape index (κ2) is 18.6. The second-order valence-electron chi connectivity index (χ2n) is 15.2. The zero-order chi connectivity index (χ0) is 41.5. The SMILES string of the molecule is NC(=S)c1cccc(-c2cn(C3CCC(F)(F)CC3)c3cc(NC(=O)CCOCCCOCCCC#Cc4cccc5c4CN(C4CCC(=O)NC4=O)C5=O)ccc23)c1. The molecular weight excluding hydrogens is 777 g/mol. The first kappa shape index (κ1) is 41.7. The summed E-state index contributed by atoms with van der Waals surface area (Å²) in [4.78, 5) is 51.7. The highest BCUT2D eigenvalue weighted by molar-refractivity contribution is 7.80. The maximum Gasteiger partial charge on any atom is 0.255 e. The fourth-order valence-corrected chi connectivity index (χ4v) is 8.11. The number of hydrogen-bond donors (Lipinski definition) is 3.